The number of nitrogens with zero attached hydrogens (tertiary/aromatic N) is 3. The Hall–Kier alpha value is -2.17. The summed E-state index contributed by atoms with van der Waals surface area (Å²) in [7, 11) is 0. The van der Waals surface area contributed by atoms with E-state index in [0.717, 1.165) is 0 Å². The molecule has 1 aliphatic rings. The average Bonchev–Trinajstić information content (AvgIpc) is 2.53. The Morgan fingerprint density at radius 2 is 2.09 bits per heavy atom. The van der Waals surface area contributed by atoms with E-state index in [1.807, 2.05) is 6.07 Å². The molecule has 2 rings (SSSR count). The van der Waals surface area contributed by atoms with E-state index in [4.69, 9.17) is 5.53 Å². The average molecular weight is 301 g/mol. The van der Waals surface area contributed by atoms with Gasteiger partial charge < -0.3 is 5.11 Å². The van der Waals surface area contributed by atoms with Gasteiger partial charge in [-0.3, -0.25) is 9.59 Å². The van der Waals surface area contributed by atoms with Gasteiger partial charge in [-0.25, -0.2) is 0 Å². The van der Waals surface area contributed by atoms with Crippen molar-refractivity contribution in [1.82, 2.24) is 0 Å². The van der Waals surface area contributed by atoms with Crippen molar-refractivity contribution >= 4 is 11.6 Å². The first-order chi connectivity index (χ1) is 10.5. The number of carbonyl (C=O) groups excluding carboxylic acids is 2. The summed E-state index contributed by atoms with van der Waals surface area (Å²) in [6.45, 7) is 1.31. The van der Waals surface area contributed by atoms with Crippen LogP contribution in [0.5, 0.6) is 0 Å². The molecule has 0 aromatic heterocycles. The second-order valence-electron chi connectivity index (χ2n) is 5.91. The largest absolute Gasteiger partial charge is 0.389 e. The van der Waals surface area contributed by atoms with E-state index < -0.39 is 17.4 Å². The van der Waals surface area contributed by atoms with E-state index in [1.165, 1.54) is 6.92 Å². The third-order valence-corrected chi connectivity index (χ3v) is 4.25. The molecule has 1 aromatic carbocycles. The highest BCUT2D eigenvalue weighted by Crippen LogP contribution is 2.35. The second kappa shape index (κ2) is 6.73. The number of hydrogen-bond acceptors (Lipinski definition) is 4. The minimum atomic E-state index is -1.42. The monoisotopic (exact) mass is 301 g/mol. The molecule has 1 saturated carbocycles. The van der Waals surface area contributed by atoms with Crippen molar-refractivity contribution in [3.8, 4) is 0 Å². The zero-order valence-corrected chi connectivity index (χ0v) is 12.5. The van der Waals surface area contributed by atoms with Gasteiger partial charge in [0.15, 0.2) is 5.78 Å². The van der Waals surface area contributed by atoms with Crippen molar-refractivity contribution in [1.29, 1.82) is 0 Å². The van der Waals surface area contributed by atoms with Crippen molar-refractivity contribution < 1.29 is 14.7 Å². The number of benzene rings is 1. The van der Waals surface area contributed by atoms with E-state index in [9.17, 15) is 14.7 Å². The van der Waals surface area contributed by atoms with Gasteiger partial charge in [-0.05, 0) is 25.3 Å². The molecule has 1 aromatic rings. The van der Waals surface area contributed by atoms with Crippen LogP contribution in [0.1, 0.15) is 36.5 Å². The number of ketones is 2. The highest BCUT2D eigenvalue weighted by atomic mass is 16.3. The van der Waals surface area contributed by atoms with Crippen LogP contribution in [0.15, 0.2) is 35.4 Å². The maximum Gasteiger partial charge on any atom is 0.173 e. The van der Waals surface area contributed by atoms with Crippen molar-refractivity contribution in [3.05, 3.63) is 46.3 Å². The van der Waals surface area contributed by atoms with Crippen LogP contribution in [-0.4, -0.2) is 28.8 Å². The van der Waals surface area contributed by atoms with Gasteiger partial charge in [-0.15, -0.1) is 0 Å². The molecule has 0 heterocycles. The summed E-state index contributed by atoms with van der Waals surface area (Å²) in [6, 6.07) is 8.72. The lowest BCUT2D eigenvalue weighted by molar-refractivity contribution is -0.136. The molecule has 0 amide bonds. The van der Waals surface area contributed by atoms with E-state index in [2.05, 4.69) is 10.0 Å². The summed E-state index contributed by atoms with van der Waals surface area (Å²) in [5.74, 6) is -1.85. The van der Waals surface area contributed by atoms with Gasteiger partial charge in [0.05, 0.1) is 18.1 Å². The molecule has 22 heavy (non-hydrogen) atoms. The summed E-state index contributed by atoms with van der Waals surface area (Å²) in [5.41, 5.74) is 7.48. The fourth-order valence-corrected chi connectivity index (χ4v) is 3.02. The molecule has 1 fully saturated rings. The highest BCUT2D eigenvalue weighted by molar-refractivity contribution is 6.11. The van der Waals surface area contributed by atoms with Gasteiger partial charge in [-0.2, -0.15) is 0 Å². The zero-order valence-electron chi connectivity index (χ0n) is 12.5. The van der Waals surface area contributed by atoms with Crippen LogP contribution in [-0.2, 0) is 4.79 Å². The van der Waals surface area contributed by atoms with Crippen LogP contribution < -0.4 is 0 Å². The molecule has 0 bridgehead atoms. The molecule has 0 radical (unpaired) electrons. The predicted octanol–water partition coefficient (Wildman–Crippen LogP) is 2.92. The van der Waals surface area contributed by atoms with E-state index in [-0.39, 0.29) is 18.1 Å². The predicted molar refractivity (Wildman–Crippen MR) is 81.2 cm³/mol. The molecule has 3 unspecified atom stereocenters. The van der Waals surface area contributed by atoms with Gasteiger partial charge in [0.2, 0.25) is 0 Å². The molecular weight excluding hydrogens is 282 g/mol. The lowest BCUT2D eigenvalue weighted by Gasteiger charge is -2.36. The number of azide groups is 1. The molecule has 6 nitrogen and oxygen atoms in total. The van der Waals surface area contributed by atoms with Crippen LogP contribution in [0.3, 0.4) is 0 Å². The first-order valence-electron chi connectivity index (χ1n) is 7.33. The van der Waals surface area contributed by atoms with Gasteiger partial charge in [0, 0.05) is 16.4 Å². The summed E-state index contributed by atoms with van der Waals surface area (Å²) in [6.07, 6.45) is 1.69. The third kappa shape index (κ3) is 3.35. The molecular formula is C16H19N3O3. The molecule has 1 aliphatic carbocycles. The topological polar surface area (TPSA) is 103 Å². The molecule has 0 saturated heterocycles. The summed E-state index contributed by atoms with van der Waals surface area (Å²) >= 11 is 0. The number of aliphatic hydroxyl groups is 1. The lowest BCUT2D eigenvalue weighted by atomic mass is 9.70. The maximum atomic E-state index is 12.6. The molecule has 3 atom stereocenters. The Kier molecular flexibility index (Phi) is 4.96. The van der Waals surface area contributed by atoms with E-state index in [0.29, 0.717) is 24.8 Å². The smallest absolute Gasteiger partial charge is 0.173 e. The van der Waals surface area contributed by atoms with E-state index in [1.54, 1.807) is 24.3 Å². The molecule has 0 aliphatic heterocycles. The maximum absolute atomic E-state index is 12.6. The Balaban J connectivity index is 2.20. The summed E-state index contributed by atoms with van der Waals surface area (Å²) in [4.78, 5) is 27.8. The van der Waals surface area contributed by atoms with Crippen molar-refractivity contribution in [2.75, 3.05) is 6.54 Å². The van der Waals surface area contributed by atoms with Gasteiger partial charge in [0.25, 0.3) is 0 Å². The van der Waals surface area contributed by atoms with Gasteiger partial charge >= 0.3 is 0 Å². The summed E-state index contributed by atoms with van der Waals surface area (Å²) < 4.78 is 0. The Labute approximate surface area is 128 Å². The molecule has 116 valence electrons. The number of hydrogen-bond donors (Lipinski definition) is 1. The van der Waals surface area contributed by atoms with Gasteiger partial charge in [-0.1, -0.05) is 41.9 Å². The van der Waals surface area contributed by atoms with Gasteiger partial charge in [0.1, 0.15) is 5.78 Å². The van der Waals surface area contributed by atoms with Crippen LogP contribution in [0.2, 0.25) is 0 Å². The molecule has 6 heteroatoms. The van der Waals surface area contributed by atoms with Crippen LogP contribution in [0, 0.1) is 11.8 Å². The second-order valence-corrected chi connectivity index (χ2v) is 5.91. The third-order valence-electron chi connectivity index (χ3n) is 4.25. The van der Waals surface area contributed by atoms with Crippen molar-refractivity contribution in [2.24, 2.45) is 17.0 Å². The van der Waals surface area contributed by atoms with Crippen LogP contribution in [0.25, 0.3) is 10.4 Å². The Morgan fingerprint density at radius 3 is 2.73 bits per heavy atom. The number of Topliss-reactive ketones (excluding diaryl/α,β-unsaturated/α-hetero) is 2. The normalized spacial score (nSPS) is 24.2. The SMILES string of the molecule is CC(O)(CN=[N+]=[N-])C1CCCC(C(=O)c2ccccc2)C1=O. The zero-order chi connectivity index (χ0) is 16.2. The van der Waals surface area contributed by atoms with Crippen LogP contribution >= 0.6 is 0 Å². The summed E-state index contributed by atoms with van der Waals surface area (Å²) in [5, 5.41) is 13.8. The first-order valence-corrected chi connectivity index (χ1v) is 7.33. The van der Waals surface area contributed by atoms with Crippen molar-refractivity contribution in [3.63, 3.8) is 0 Å². The van der Waals surface area contributed by atoms with Crippen LogP contribution in [0.4, 0.5) is 0 Å². The van der Waals surface area contributed by atoms with E-state index >= 15 is 0 Å². The number of carbonyl (C=O) groups is 2. The minimum Gasteiger partial charge on any atom is -0.389 e. The molecule has 0 spiro atoms. The molecule has 1 N–H and O–H groups in total. The Bertz CT molecular complexity index is 606. The fourth-order valence-electron chi connectivity index (χ4n) is 3.02. The highest BCUT2D eigenvalue weighted by Gasteiger charge is 2.44. The number of rotatable bonds is 5. The first kappa shape index (κ1) is 16.2. The minimum absolute atomic E-state index is 0.174. The standard InChI is InChI=1S/C16H19N3O3/c1-16(22,10-18-19-17)13-9-5-8-12(15(13)21)14(20)11-6-3-2-4-7-11/h2-4,6-7,12-13,22H,5,8-10H2,1H3. The van der Waals surface area contributed by atoms with Crippen molar-refractivity contribution in [2.45, 2.75) is 31.8 Å². The quantitative estimate of drug-likeness (QED) is 0.297. The lowest BCUT2D eigenvalue weighted by Crippen LogP contribution is -2.48. The fraction of sp³-hybridized carbons (Fsp3) is 0.500. The Morgan fingerprint density at radius 1 is 1.41 bits per heavy atom.